The maximum atomic E-state index is 12.9. The Bertz CT molecular complexity index is 1030. The lowest BCUT2D eigenvalue weighted by Gasteiger charge is -2.35. The summed E-state index contributed by atoms with van der Waals surface area (Å²) in [5, 5.41) is 14.5. The van der Waals surface area contributed by atoms with Crippen molar-refractivity contribution in [3.63, 3.8) is 0 Å². The van der Waals surface area contributed by atoms with Gasteiger partial charge in [-0.05, 0) is 49.2 Å². The van der Waals surface area contributed by atoms with Crippen LogP contribution >= 0.6 is 0 Å². The van der Waals surface area contributed by atoms with Crippen LogP contribution in [0, 0.1) is 10.1 Å². The first-order valence-electron chi connectivity index (χ1n) is 9.82. The van der Waals surface area contributed by atoms with Crippen molar-refractivity contribution < 1.29 is 18.1 Å². The fraction of sp³-hybridized carbons (Fsp3) is 0.400. The summed E-state index contributed by atoms with van der Waals surface area (Å²) in [6.07, 6.45) is 2.03. The molecule has 0 radical (unpaired) electrons. The summed E-state index contributed by atoms with van der Waals surface area (Å²) in [5.41, 5.74) is 1.44. The van der Waals surface area contributed by atoms with E-state index in [0.717, 1.165) is 18.5 Å². The SMILES string of the molecule is COc1ccc(S(=O)(=O)N2CCN(c3ccc([N+](=O)[O-])c(NC4CC4)c3)CC2)cc1. The van der Waals surface area contributed by atoms with Gasteiger partial charge in [0, 0.05) is 44.0 Å². The molecule has 160 valence electrons. The van der Waals surface area contributed by atoms with E-state index in [-0.39, 0.29) is 15.5 Å². The highest BCUT2D eigenvalue weighted by molar-refractivity contribution is 7.89. The number of hydrogen-bond donors (Lipinski definition) is 1. The zero-order chi connectivity index (χ0) is 21.3. The Labute approximate surface area is 175 Å². The molecule has 2 aromatic carbocycles. The molecule has 10 heteroatoms. The molecule has 9 nitrogen and oxygen atoms in total. The van der Waals surface area contributed by atoms with Crippen LogP contribution in [-0.2, 0) is 10.0 Å². The van der Waals surface area contributed by atoms with E-state index in [1.807, 2.05) is 0 Å². The lowest BCUT2D eigenvalue weighted by Crippen LogP contribution is -2.48. The van der Waals surface area contributed by atoms with Crippen LogP contribution in [0.2, 0.25) is 0 Å². The molecule has 2 aliphatic rings. The Morgan fingerprint density at radius 1 is 1.07 bits per heavy atom. The smallest absolute Gasteiger partial charge is 0.292 e. The second kappa shape index (κ2) is 8.11. The van der Waals surface area contributed by atoms with Crippen LogP contribution in [-0.4, -0.2) is 57.0 Å². The molecule has 0 spiro atoms. The van der Waals surface area contributed by atoms with Gasteiger partial charge < -0.3 is 15.0 Å². The van der Waals surface area contributed by atoms with Gasteiger partial charge in [-0.15, -0.1) is 0 Å². The highest BCUT2D eigenvalue weighted by Gasteiger charge is 2.30. The predicted molar refractivity (Wildman–Crippen MR) is 114 cm³/mol. The first kappa shape index (κ1) is 20.4. The summed E-state index contributed by atoms with van der Waals surface area (Å²) >= 11 is 0. The molecule has 30 heavy (non-hydrogen) atoms. The van der Waals surface area contributed by atoms with Gasteiger partial charge in [0.15, 0.2) is 0 Å². The van der Waals surface area contributed by atoms with E-state index in [2.05, 4.69) is 10.2 Å². The molecule has 1 heterocycles. The quantitative estimate of drug-likeness (QED) is 0.530. The van der Waals surface area contributed by atoms with Crippen molar-refractivity contribution in [1.82, 2.24) is 4.31 Å². The van der Waals surface area contributed by atoms with Gasteiger partial charge >= 0.3 is 0 Å². The second-order valence-electron chi connectivity index (χ2n) is 7.44. The molecule has 1 saturated carbocycles. The van der Waals surface area contributed by atoms with Crippen molar-refractivity contribution in [1.29, 1.82) is 0 Å². The third-order valence-electron chi connectivity index (χ3n) is 5.41. The van der Waals surface area contributed by atoms with Crippen LogP contribution < -0.4 is 15.0 Å². The number of ether oxygens (including phenoxy) is 1. The zero-order valence-electron chi connectivity index (χ0n) is 16.7. The van der Waals surface area contributed by atoms with E-state index in [4.69, 9.17) is 4.74 Å². The number of nitrogens with zero attached hydrogens (tertiary/aromatic N) is 3. The molecule has 0 atom stereocenters. The van der Waals surface area contributed by atoms with Gasteiger partial charge in [0.1, 0.15) is 11.4 Å². The first-order chi connectivity index (χ1) is 14.4. The van der Waals surface area contributed by atoms with Crippen molar-refractivity contribution in [3.05, 3.63) is 52.6 Å². The van der Waals surface area contributed by atoms with Gasteiger partial charge in [0.05, 0.1) is 16.9 Å². The molecule has 2 fully saturated rings. The molecule has 4 rings (SSSR count). The number of nitro groups is 1. The number of anilines is 2. The Kier molecular flexibility index (Phi) is 5.52. The van der Waals surface area contributed by atoms with Crippen molar-refractivity contribution in [2.24, 2.45) is 0 Å². The summed E-state index contributed by atoms with van der Waals surface area (Å²) in [6, 6.07) is 11.7. The van der Waals surface area contributed by atoms with Crippen molar-refractivity contribution in [2.75, 3.05) is 43.5 Å². The third kappa shape index (κ3) is 4.19. The largest absolute Gasteiger partial charge is 0.497 e. The zero-order valence-corrected chi connectivity index (χ0v) is 17.5. The van der Waals surface area contributed by atoms with Crippen molar-refractivity contribution >= 4 is 27.1 Å². The molecular formula is C20H24N4O5S. The van der Waals surface area contributed by atoms with E-state index < -0.39 is 10.0 Å². The summed E-state index contributed by atoms with van der Waals surface area (Å²) in [7, 11) is -2.04. The molecule has 1 saturated heterocycles. The summed E-state index contributed by atoms with van der Waals surface area (Å²) in [5.74, 6) is 0.604. The van der Waals surface area contributed by atoms with Crippen LogP contribution in [0.1, 0.15) is 12.8 Å². The van der Waals surface area contributed by atoms with Gasteiger partial charge in [-0.3, -0.25) is 10.1 Å². The average Bonchev–Trinajstić information content (AvgIpc) is 3.57. The number of nitrogens with one attached hydrogen (secondary N) is 1. The number of benzene rings is 2. The van der Waals surface area contributed by atoms with Crippen LogP contribution in [0.4, 0.5) is 17.1 Å². The second-order valence-corrected chi connectivity index (χ2v) is 9.38. The number of rotatable bonds is 7. The molecular weight excluding hydrogens is 408 g/mol. The number of nitro benzene ring substituents is 1. The molecule has 0 amide bonds. The predicted octanol–water partition coefficient (Wildman–Crippen LogP) is 2.69. The fourth-order valence-electron chi connectivity index (χ4n) is 3.53. The van der Waals surface area contributed by atoms with Gasteiger partial charge in [-0.25, -0.2) is 8.42 Å². The Morgan fingerprint density at radius 3 is 2.30 bits per heavy atom. The van der Waals surface area contributed by atoms with Crippen LogP contribution in [0.25, 0.3) is 0 Å². The lowest BCUT2D eigenvalue weighted by atomic mass is 10.2. The number of hydrogen-bond acceptors (Lipinski definition) is 7. The standard InChI is InChI=1S/C20H24N4O5S/c1-29-17-5-7-18(8-6-17)30(27,28)23-12-10-22(11-13-23)16-4-9-20(24(25)26)19(14-16)21-15-2-3-15/h4-9,14-15,21H,2-3,10-13H2,1H3. The van der Waals surface area contributed by atoms with E-state index in [1.54, 1.807) is 36.4 Å². The molecule has 0 aromatic heterocycles. The maximum Gasteiger partial charge on any atom is 0.292 e. The van der Waals surface area contributed by atoms with Gasteiger partial charge in [-0.2, -0.15) is 4.31 Å². The topological polar surface area (TPSA) is 105 Å². The first-order valence-corrected chi connectivity index (χ1v) is 11.3. The van der Waals surface area contributed by atoms with E-state index >= 15 is 0 Å². The average molecular weight is 433 g/mol. The third-order valence-corrected chi connectivity index (χ3v) is 7.33. The van der Waals surface area contributed by atoms with E-state index in [9.17, 15) is 18.5 Å². The van der Waals surface area contributed by atoms with Crippen LogP contribution in [0.5, 0.6) is 5.75 Å². The molecule has 1 N–H and O–H groups in total. The molecule has 1 aliphatic heterocycles. The Morgan fingerprint density at radius 2 is 1.73 bits per heavy atom. The summed E-state index contributed by atoms with van der Waals surface area (Å²) < 4.78 is 32.4. The van der Waals surface area contributed by atoms with Crippen molar-refractivity contribution in [3.8, 4) is 5.75 Å². The minimum absolute atomic E-state index is 0.0615. The molecule has 1 aliphatic carbocycles. The van der Waals surface area contributed by atoms with Crippen LogP contribution in [0.3, 0.4) is 0 Å². The highest BCUT2D eigenvalue weighted by Crippen LogP contribution is 2.34. The normalized spacial score (nSPS) is 17.6. The van der Waals surface area contributed by atoms with Gasteiger partial charge in [0.2, 0.25) is 10.0 Å². The Balaban J connectivity index is 1.46. The van der Waals surface area contributed by atoms with Crippen LogP contribution in [0.15, 0.2) is 47.4 Å². The summed E-state index contributed by atoms with van der Waals surface area (Å²) in [4.78, 5) is 13.2. The maximum absolute atomic E-state index is 12.9. The Hall–Kier alpha value is -2.85. The molecule has 0 bridgehead atoms. The number of methoxy groups -OCH3 is 1. The lowest BCUT2D eigenvalue weighted by molar-refractivity contribution is -0.384. The number of sulfonamides is 1. The molecule has 0 unspecified atom stereocenters. The minimum atomic E-state index is -3.58. The minimum Gasteiger partial charge on any atom is -0.497 e. The van der Waals surface area contributed by atoms with Crippen molar-refractivity contribution in [2.45, 2.75) is 23.8 Å². The number of piperazine rings is 1. The summed E-state index contributed by atoms with van der Waals surface area (Å²) in [6.45, 7) is 1.71. The monoisotopic (exact) mass is 432 g/mol. The highest BCUT2D eigenvalue weighted by atomic mass is 32.2. The van der Waals surface area contributed by atoms with E-state index in [0.29, 0.717) is 43.7 Å². The fourth-order valence-corrected chi connectivity index (χ4v) is 4.95. The van der Waals surface area contributed by atoms with E-state index in [1.165, 1.54) is 17.5 Å². The van der Waals surface area contributed by atoms with Gasteiger partial charge in [-0.1, -0.05) is 0 Å². The molecule has 2 aromatic rings. The van der Waals surface area contributed by atoms with Gasteiger partial charge in [0.25, 0.3) is 5.69 Å².